The van der Waals surface area contributed by atoms with Crippen molar-refractivity contribution < 1.29 is 33.4 Å². The van der Waals surface area contributed by atoms with Crippen LogP contribution in [-0.2, 0) is 19.1 Å². The fourth-order valence-electron chi connectivity index (χ4n) is 7.70. The van der Waals surface area contributed by atoms with Gasteiger partial charge in [0.25, 0.3) is 11.8 Å². The van der Waals surface area contributed by atoms with E-state index in [1.165, 1.54) is 0 Å². The van der Waals surface area contributed by atoms with Crippen LogP contribution in [0.2, 0.25) is 0 Å². The van der Waals surface area contributed by atoms with E-state index >= 15 is 0 Å². The number of aryl methyl sites for hydroxylation is 3. The Morgan fingerprint density at radius 3 is 2.42 bits per heavy atom. The molecule has 1 unspecified atom stereocenters. The SMILES string of the molecule is Cc1ccc(NC(=O)C[C@@H]2N=C(c3ccc(OCCOCCNc4cccc5c4C(=O)N(C4CCC(=O)CC4=O)C5=O)cc3)c3c(sc(C)c3C)-n3c(C)nnc32)cc1. The highest BCUT2D eigenvalue weighted by atomic mass is 32.1. The van der Waals surface area contributed by atoms with Crippen LogP contribution in [0.25, 0.3) is 5.00 Å². The van der Waals surface area contributed by atoms with Crippen LogP contribution in [0.5, 0.6) is 5.75 Å². The molecule has 3 amide bonds. The molecule has 14 nitrogen and oxygen atoms in total. The first-order valence-electron chi connectivity index (χ1n) is 19.6. The van der Waals surface area contributed by atoms with E-state index in [0.717, 1.165) is 48.6 Å². The Labute approximate surface area is 344 Å². The van der Waals surface area contributed by atoms with Gasteiger partial charge in [0.05, 0.1) is 48.9 Å². The molecule has 0 spiro atoms. The maximum atomic E-state index is 13.4. The molecular weight excluding hydrogens is 771 g/mol. The number of aliphatic imine (C=N–C) groups is 1. The third-order valence-electron chi connectivity index (χ3n) is 10.8. The normalized spacial score (nSPS) is 17.3. The van der Waals surface area contributed by atoms with Gasteiger partial charge in [0.2, 0.25) is 5.91 Å². The summed E-state index contributed by atoms with van der Waals surface area (Å²) in [5.41, 5.74) is 6.49. The summed E-state index contributed by atoms with van der Waals surface area (Å²) < 4.78 is 13.8. The number of thiophene rings is 1. The third-order valence-corrected chi connectivity index (χ3v) is 12.0. The minimum absolute atomic E-state index is 0.0792. The first-order chi connectivity index (χ1) is 28.5. The van der Waals surface area contributed by atoms with Gasteiger partial charge in [0.15, 0.2) is 11.6 Å². The van der Waals surface area contributed by atoms with Crippen molar-refractivity contribution >= 4 is 57.7 Å². The number of carbonyl (C=O) groups excluding carboxylic acids is 5. The Balaban J connectivity index is 0.888. The molecule has 2 atom stereocenters. The van der Waals surface area contributed by atoms with Crippen molar-refractivity contribution in [2.75, 3.05) is 37.0 Å². The second-order valence-electron chi connectivity index (χ2n) is 14.9. The lowest BCUT2D eigenvalue weighted by atomic mass is 9.92. The highest BCUT2D eigenvalue weighted by Gasteiger charge is 2.45. The molecule has 1 aliphatic carbocycles. The van der Waals surface area contributed by atoms with Crippen LogP contribution in [-0.4, -0.2) is 87.1 Å². The van der Waals surface area contributed by atoms with Crippen molar-refractivity contribution in [2.24, 2.45) is 4.99 Å². The van der Waals surface area contributed by atoms with Gasteiger partial charge in [-0.25, -0.2) is 0 Å². The van der Waals surface area contributed by atoms with Gasteiger partial charge < -0.3 is 20.1 Å². The zero-order valence-electron chi connectivity index (χ0n) is 33.2. The second kappa shape index (κ2) is 16.5. The standard InChI is InChI=1S/C44H43N7O7S/c1-24-8-12-29(13-9-24)46-37(54)23-34-41-49-48-27(4)50(41)44-38(25(2)26(3)59-44)40(47-34)28-10-15-31(16-11-28)58-21-20-57-19-18-45-33-7-5-6-32-39(33)43(56)51(42(32)55)35-17-14-30(52)22-36(35)53/h5-13,15-16,34-35,45H,14,17-23H2,1-4H3,(H,46,54)/t34-,35?/m0/s1. The number of ketones is 2. The van der Waals surface area contributed by atoms with E-state index in [2.05, 4.69) is 34.7 Å². The predicted octanol–water partition coefficient (Wildman–Crippen LogP) is 6.28. The third kappa shape index (κ3) is 7.82. The number of rotatable bonds is 13. The Bertz CT molecular complexity index is 2520. The van der Waals surface area contributed by atoms with Crippen molar-refractivity contribution in [1.82, 2.24) is 19.7 Å². The quantitative estimate of drug-likeness (QED) is 0.0783. The second-order valence-corrected chi connectivity index (χ2v) is 16.1. The van der Waals surface area contributed by atoms with E-state index in [9.17, 15) is 24.0 Å². The minimum Gasteiger partial charge on any atom is -0.491 e. The van der Waals surface area contributed by atoms with Gasteiger partial charge in [0, 0.05) is 40.3 Å². The maximum absolute atomic E-state index is 13.4. The topological polar surface area (TPSA) is 174 Å². The molecule has 59 heavy (non-hydrogen) atoms. The smallest absolute Gasteiger partial charge is 0.264 e. The summed E-state index contributed by atoms with van der Waals surface area (Å²) in [5, 5.41) is 16.1. The summed E-state index contributed by atoms with van der Waals surface area (Å²) in [6, 6.07) is 18.8. The van der Waals surface area contributed by atoms with Crippen LogP contribution >= 0.6 is 11.3 Å². The van der Waals surface area contributed by atoms with E-state index < -0.39 is 29.7 Å². The van der Waals surface area contributed by atoms with Crippen molar-refractivity contribution in [3.63, 3.8) is 0 Å². The van der Waals surface area contributed by atoms with E-state index in [1.807, 2.05) is 66.9 Å². The van der Waals surface area contributed by atoms with Gasteiger partial charge in [-0.15, -0.1) is 21.5 Å². The van der Waals surface area contributed by atoms with Gasteiger partial charge in [-0.2, -0.15) is 0 Å². The van der Waals surface area contributed by atoms with Crippen molar-refractivity contribution in [1.29, 1.82) is 0 Å². The number of anilines is 2. The monoisotopic (exact) mass is 813 g/mol. The predicted molar refractivity (Wildman–Crippen MR) is 222 cm³/mol. The largest absolute Gasteiger partial charge is 0.491 e. The summed E-state index contributed by atoms with van der Waals surface area (Å²) in [7, 11) is 0. The molecule has 2 aliphatic heterocycles. The number of amides is 3. The van der Waals surface area contributed by atoms with Crippen molar-refractivity contribution in [2.45, 2.75) is 65.5 Å². The van der Waals surface area contributed by atoms with Crippen molar-refractivity contribution in [3.8, 4) is 10.8 Å². The number of nitrogens with zero attached hydrogens (tertiary/aromatic N) is 5. The van der Waals surface area contributed by atoms with E-state index in [1.54, 1.807) is 29.5 Å². The molecule has 302 valence electrons. The summed E-state index contributed by atoms with van der Waals surface area (Å²) in [5.74, 6) is 0.184. The lowest BCUT2D eigenvalue weighted by Crippen LogP contribution is -2.47. The fourth-order valence-corrected chi connectivity index (χ4v) is 8.92. The molecule has 0 radical (unpaired) electrons. The van der Waals surface area contributed by atoms with Gasteiger partial charge in [-0.1, -0.05) is 23.8 Å². The van der Waals surface area contributed by atoms with Crippen LogP contribution < -0.4 is 15.4 Å². The number of benzene rings is 3. The zero-order valence-corrected chi connectivity index (χ0v) is 34.0. The molecule has 1 saturated carbocycles. The van der Waals surface area contributed by atoms with Gasteiger partial charge in [-0.05, 0) is 88.2 Å². The van der Waals surface area contributed by atoms with Crippen LogP contribution in [0.15, 0.2) is 71.7 Å². The molecule has 1 fully saturated rings. The van der Waals surface area contributed by atoms with Crippen LogP contribution in [0, 0.1) is 27.7 Å². The molecule has 0 bridgehead atoms. The Kier molecular flexibility index (Phi) is 11.1. The zero-order chi connectivity index (χ0) is 41.4. The van der Waals surface area contributed by atoms with E-state index in [0.29, 0.717) is 49.3 Å². The average Bonchev–Trinajstić information content (AvgIpc) is 3.79. The Morgan fingerprint density at radius 2 is 1.66 bits per heavy atom. The molecule has 8 rings (SSSR count). The lowest BCUT2D eigenvalue weighted by Gasteiger charge is -2.27. The highest BCUT2D eigenvalue weighted by Crippen LogP contribution is 2.40. The van der Waals surface area contributed by atoms with Gasteiger partial charge in [0.1, 0.15) is 35.0 Å². The summed E-state index contributed by atoms with van der Waals surface area (Å²) in [6.45, 7) is 9.34. The van der Waals surface area contributed by atoms with Gasteiger partial charge in [-0.3, -0.25) is 38.4 Å². The molecule has 2 aromatic heterocycles. The van der Waals surface area contributed by atoms with Crippen LogP contribution in [0.1, 0.15) is 91.2 Å². The van der Waals surface area contributed by atoms with Crippen LogP contribution in [0.4, 0.5) is 11.4 Å². The average molecular weight is 814 g/mol. The van der Waals surface area contributed by atoms with Crippen LogP contribution in [0.3, 0.4) is 0 Å². The molecule has 15 heteroatoms. The van der Waals surface area contributed by atoms with E-state index in [-0.39, 0.29) is 48.5 Å². The minimum atomic E-state index is -0.921. The summed E-state index contributed by atoms with van der Waals surface area (Å²) in [4.78, 5) is 71.6. The lowest BCUT2D eigenvalue weighted by molar-refractivity contribution is -0.132. The number of hydrogen-bond donors (Lipinski definition) is 2. The molecule has 3 aliphatic rings. The highest BCUT2D eigenvalue weighted by molar-refractivity contribution is 7.15. The first kappa shape index (κ1) is 39.5. The first-order valence-corrected chi connectivity index (χ1v) is 20.4. The number of nitrogens with one attached hydrogen (secondary N) is 2. The number of carbonyl (C=O) groups is 5. The number of aromatic nitrogens is 3. The summed E-state index contributed by atoms with van der Waals surface area (Å²) >= 11 is 1.65. The Morgan fingerprint density at radius 1 is 0.881 bits per heavy atom. The molecule has 4 heterocycles. The van der Waals surface area contributed by atoms with Crippen molar-refractivity contribution in [3.05, 3.63) is 117 Å². The Hall–Kier alpha value is -6.32. The maximum Gasteiger partial charge on any atom is 0.264 e. The number of Topliss-reactive ketones (excluding diaryl/α,β-unsaturated/α-hetero) is 2. The van der Waals surface area contributed by atoms with Gasteiger partial charge >= 0.3 is 0 Å². The summed E-state index contributed by atoms with van der Waals surface area (Å²) in [6.07, 6.45) is 0.137. The molecule has 3 aromatic carbocycles. The number of ether oxygens (including phenoxy) is 2. The fraction of sp³-hybridized carbons (Fsp3) is 0.318. The molecule has 0 saturated heterocycles. The number of hydrogen-bond acceptors (Lipinski definition) is 12. The number of fused-ring (bicyclic) bond motifs is 4. The van der Waals surface area contributed by atoms with E-state index in [4.69, 9.17) is 14.5 Å². The molecular formula is C44H43N7O7S. The number of imide groups is 1. The molecule has 5 aromatic rings. The molecule has 2 N–H and O–H groups in total.